The second-order valence-corrected chi connectivity index (χ2v) is 8.68. The summed E-state index contributed by atoms with van der Waals surface area (Å²) in [6, 6.07) is 31.3. The second-order valence-electron chi connectivity index (χ2n) is 8.68. The Balaban J connectivity index is 1.94. The maximum absolute atomic E-state index is 2.55. The summed E-state index contributed by atoms with van der Waals surface area (Å²) in [6.45, 7) is 6.42. The first kappa shape index (κ1) is 17.9. The van der Waals surface area contributed by atoms with Crippen LogP contribution in [0.15, 0.2) is 84.9 Å². The van der Waals surface area contributed by atoms with Crippen LogP contribution in [-0.2, 0) is 13.1 Å². The van der Waals surface area contributed by atoms with Crippen LogP contribution in [0.4, 0.5) is 0 Å². The number of fused-ring (bicyclic) bond motifs is 12. The quantitative estimate of drug-likeness (QED) is 0.270. The fourth-order valence-electron chi connectivity index (χ4n) is 6.03. The van der Waals surface area contributed by atoms with Crippen molar-refractivity contribution in [1.29, 1.82) is 0 Å². The van der Waals surface area contributed by atoms with Crippen molar-refractivity contribution in [3.63, 3.8) is 0 Å². The average molecular weight is 413 g/mol. The highest BCUT2D eigenvalue weighted by Gasteiger charge is 2.22. The van der Waals surface area contributed by atoms with Crippen LogP contribution in [0.2, 0.25) is 0 Å². The van der Waals surface area contributed by atoms with Gasteiger partial charge in [-0.25, -0.2) is 0 Å². The fraction of sp³-hybridized carbons (Fsp3) is 0.133. The monoisotopic (exact) mass is 412 g/mol. The molecule has 0 aliphatic carbocycles. The fourth-order valence-corrected chi connectivity index (χ4v) is 6.03. The lowest BCUT2D eigenvalue weighted by Gasteiger charge is -2.11. The molecule has 0 aliphatic heterocycles. The molecule has 7 rings (SSSR count). The average Bonchev–Trinajstić information content (AvgIpc) is 3.37. The lowest BCUT2D eigenvalue weighted by molar-refractivity contribution is 0.828. The summed E-state index contributed by atoms with van der Waals surface area (Å²) >= 11 is 0. The van der Waals surface area contributed by atoms with E-state index in [2.05, 4.69) is 108 Å². The van der Waals surface area contributed by atoms with Gasteiger partial charge in [0.05, 0.1) is 16.6 Å². The van der Waals surface area contributed by atoms with Crippen molar-refractivity contribution in [2.24, 2.45) is 0 Å². The van der Waals surface area contributed by atoms with Gasteiger partial charge in [-0.2, -0.15) is 0 Å². The first-order chi connectivity index (χ1) is 15.8. The first-order valence-corrected chi connectivity index (χ1v) is 11.6. The van der Waals surface area contributed by atoms with Gasteiger partial charge < -0.3 is 9.13 Å². The molecule has 0 unspecified atom stereocenters. The van der Waals surface area contributed by atoms with Gasteiger partial charge in [0, 0.05) is 56.3 Å². The predicted molar refractivity (Wildman–Crippen MR) is 139 cm³/mol. The summed E-state index contributed by atoms with van der Waals surface area (Å²) in [5.41, 5.74) is 5.40. The maximum Gasteiger partial charge on any atom is 0.0578 e. The van der Waals surface area contributed by atoms with E-state index < -0.39 is 0 Å². The van der Waals surface area contributed by atoms with E-state index in [9.17, 15) is 0 Å². The molecule has 0 amide bonds. The third-order valence-electron chi connectivity index (χ3n) is 7.24. The van der Waals surface area contributed by atoms with E-state index in [0.717, 1.165) is 13.1 Å². The molecule has 0 fully saturated rings. The smallest absolute Gasteiger partial charge is 0.0578 e. The molecule has 32 heavy (non-hydrogen) atoms. The molecule has 2 heteroatoms. The molecule has 0 saturated carbocycles. The van der Waals surface area contributed by atoms with E-state index in [1.165, 1.54) is 65.2 Å². The van der Waals surface area contributed by atoms with Gasteiger partial charge in [-0.15, -0.1) is 0 Å². The molecule has 2 heterocycles. The zero-order valence-electron chi connectivity index (χ0n) is 18.4. The third-order valence-corrected chi connectivity index (χ3v) is 7.24. The maximum atomic E-state index is 2.55. The van der Waals surface area contributed by atoms with Crippen molar-refractivity contribution in [2.75, 3.05) is 0 Å². The number of nitrogens with zero attached hydrogens (tertiary/aromatic N) is 2. The number of aryl methyl sites for hydroxylation is 2. The molecule has 0 spiro atoms. The number of hydrogen-bond acceptors (Lipinski definition) is 0. The Bertz CT molecular complexity index is 1850. The van der Waals surface area contributed by atoms with Crippen molar-refractivity contribution >= 4 is 65.2 Å². The van der Waals surface area contributed by atoms with Gasteiger partial charge in [0.1, 0.15) is 0 Å². The van der Waals surface area contributed by atoms with Crippen molar-refractivity contribution in [1.82, 2.24) is 9.13 Å². The van der Waals surface area contributed by atoms with Crippen LogP contribution in [0.3, 0.4) is 0 Å². The second kappa shape index (κ2) is 6.37. The zero-order valence-corrected chi connectivity index (χ0v) is 18.4. The Kier molecular flexibility index (Phi) is 3.55. The van der Waals surface area contributed by atoms with E-state index >= 15 is 0 Å². The summed E-state index contributed by atoms with van der Waals surface area (Å²) in [7, 11) is 0. The van der Waals surface area contributed by atoms with Crippen LogP contribution in [0.1, 0.15) is 13.8 Å². The van der Waals surface area contributed by atoms with Gasteiger partial charge >= 0.3 is 0 Å². The Morgan fingerprint density at radius 3 is 1.75 bits per heavy atom. The highest BCUT2D eigenvalue weighted by Crippen LogP contribution is 2.46. The van der Waals surface area contributed by atoms with E-state index in [1.54, 1.807) is 0 Å². The molecule has 2 nitrogen and oxygen atoms in total. The van der Waals surface area contributed by atoms with E-state index in [4.69, 9.17) is 0 Å². The molecule has 5 aromatic carbocycles. The molecular weight excluding hydrogens is 388 g/mol. The minimum Gasteiger partial charge on any atom is -0.340 e. The lowest BCUT2D eigenvalue weighted by Crippen LogP contribution is -1.96. The highest BCUT2D eigenvalue weighted by molar-refractivity contribution is 6.38. The Morgan fingerprint density at radius 1 is 0.469 bits per heavy atom. The molecular formula is C30H24N2. The number of benzene rings is 5. The SMILES string of the molecule is CCn1c2ccccc2c2c3c4ccc5ccccc5c4n(CC)c3c3ccccc3c21. The molecule has 0 bridgehead atoms. The van der Waals surface area contributed by atoms with Crippen LogP contribution in [-0.4, -0.2) is 9.13 Å². The third kappa shape index (κ3) is 2.05. The predicted octanol–water partition coefficient (Wildman–Crippen LogP) is 8.25. The number of rotatable bonds is 2. The van der Waals surface area contributed by atoms with Crippen molar-refractivity contribution in [2.45, 2.75) is 26.9 Å². The van der Waals surface area contributed by atoms with Gasteiger partial charge in [0.25, 0.3) is 0 Å². The van der Waals surface area contributed by atoms with Gasteiger partial charge in [-0.1, -0.05) is 78.9 Å². The van der Waals surface area contributed by atoms with Gasteiger partial charge in [-0.3, -0.25) is 0 Å². The molecule has 0 radical (unpaired) electrons. The highest BCUT2D eigenvalue weighted by atomic mass is 15.0. The van der Waals surface area contributed by atoms with E-state index in [1.807, 2.05) is 0 Å². The molecule has 2 aromatic heterocycles. The van der Waals surface area contributed by atoms with Crippen molar-refractivity contribution in [3.05, 3.63) is 84.9 Å². The molecule has 7 aromatic rings. The van der Waals surface area contributed by atoms with Crippen molar-refractivity contribution < 1.29 is 0 Å². The van der Waals surface area contributed by atoms with E-state index in [0.29, 0.717) is 0 Å². The van der Waals surface area contributed by atoms with Crippen LogP contribution in [0.5, 0.6) is 0 Å². The lowest BCUT2D eigenvalue weighted by atomic mass is 9.98. The number of hydrogen-bond donors (Lipinski definition) is 0. The van der Waals surface area contributed by atoms with Crippen LogP contribution in [0.25, 0.3) is 65.2 Å². The molecule has 0 N–H and O–H groups in total. The standard InChI is InChI=1S/C30H24N2/c1-3-31-25-16-10-9-15-23(25)26-27-24-18-17-19-11-5-6-12-20(19)28(24)32(4-2)30(27)22-14-8-7-13-21(22)29(26)31/h5-18H,3-4H2,1-2H3. The first-order valence-electron chi connectivity index (χ1n) is 11.6. The minimum absolute atomic E-state index is 0.940. The van der Waals surface area contributed by atoms with E-state index in [-0.39, 0.29) is 0 Å². The zero-order chi connectivity index (χ0) is 21.4. The summed E-state index contributed by atoms with van der Waals surface area (Å²) < 4.78 is 5.05. The molecule has 154 valence electrons. The van der Waals surface area contributed by atoms with Crippen LogP contribution in [0, 0.1) is 0 Å². The van der Waals surface area contributed by atoms with Crippen LogP contribution >= 0.6 is 0 Å². The Labute approximate surface area is 186 Å². The summed E-state index contributed by atoms with van der Waals surface area (Å²) in [6.07, 6.45) is 0. The summed E-state index contributed by atoms with van der Waals surface area (Å²) in [5, 5.41) is 10.8. The van der Waals surface area contributed by atoms with Gasteiger partial charge in [0.15, 0.2) is 0 Å². The van der Waals surface area contributed by atoms with Gasteiger partial charge in [0.2, 0.25) is 0 Å². The van der Waals surface area contributed by atoms with Gasteiger partial charge in [-0.05, 0) is 25.3 Å². The molecule has 0 saturated heterocycles. The normalized spacial score (nSPS) is 12.3. The molecule has 0 atom stereocenters. The van der Waals surface area contributed by atoms with Crippen molar-refractivity contribution in [3.8, 4) is 0 Å². The number of aromatic nitrogens is 2. The minimum atomic E-state index is 0.940. The Hall–Kier alpha value is -3.78. The largest absolute Gasteiger partial charge is 0.340 e. The summed E-state index contributed by atoms with van der Waals surface area (Å²) in [4.78, 5) is 0. The number of para-hydroxylation sites is 1. The summed E-state index contributed by atoms with van der Waals surface area (Å²) in [5.74, 6) is 0. The molecule has 0 aliphatic rings. The topological polar surface area (TPSA) is 9.86 Å². The Morgan fingerprint density at radius 2 is 1.03 bits per heavy atom. The van der Waals surface area contributed by atoms with Crippen LogP contribution < -0.4 is 0 Å².